The van der Waals surface area contributed by atoms with Crippen molar-refractivity contribution in [3.63, 3.8) is 0 Å². The molecule has 0 atom stereocenters. The first-order chi connectivity index (χ1) is 9.67. The zero-order valence-corrected chi connectivity index (χ0v) is 12.4. The fourth-order valence-corrected chi connectivity index (χ4v) is 2.59. The fraction of sp³-hybridized carbons (Fsp3) is 0.562. The highest BCUT2D eigenvalue weighted by Crippen LogP contribution is 2.28. The summed E-state index contributed by atoms with van der Waals surface area (Å²) >= 11 is 0. The average Bonchev–Trinajstić information content (AvgIpc) is 2.38. The molecule has 0 aromatic heterocycles. The summed E-state index contributed by atoms with van der Waals surface area (Å²) < 4.78 is 0. The van der Waals surface area contributed by atoms with Crippen molar-refractivity contribution in [2.45, 2.75) is 39.2 Å². The Morgan fingerprint density at radius 1 is 1.45 bits per heavy atom. The van der Waals surface area contributed by atoms with E-state index in [2.05, 4.69) is 5.32 Å². The van der Waals surface area contributed by atoms with Gasteiger partial charge in [0.1, 0.15) is 0 Å². The Morgan fingerprint density at radius 3 is 2.75 bits per heavy atom. The summed E-state index contributed by atoms with van der Waals surface area (Å²) in [5.41, 5.74) is 2.67. The molecule has 0 unspecified atom stereocenters. The van der Waals surface area contributed by atoms with Crippen molar-refractivity contribution in [1.82, 2.24) is 4.90 Å². The van der Waals surface area contributed by atoms with Crippen molar-refractivity contribution >= 4 is 11.6 Å². The van der Waals surface area contributed by atoms with Gasteiger partial charge in [0.05, 0.1) is 12.2 Å². The van der Waals surface area contributed by atoms with Crippen LogP contribution in [0.3, 0.4) is 0 Å². The first kappa shape index (κ1) is 14.9. The summed E-state index contributed by atoms with van der Waals surface area (Å²) in [6, 6.07) is 6.20. The zero-order valence-electron chi connectivity index (χ0n) is 12.4. The van der Waals surface area contributed by atoms with Gasteiger partial charge in [0, 0.05) is 24.8 Å². The summed E-state index contributed by atoms with van der Waals surface area (Å²) in [5.74, 6) is 0.0309. The predicted molar refractivity (Wildman–Crippen MR) is 81.1 cm³/mol. The van der Waals surface area contributed by atoms with E-state index in [0.717, 1.165) is 30.6 Å². The Balaban J connectivity index is 2.27. The second kappa shape index (κ2) is 6.75. The number of carbonyl (C=O) groups excluding carboxylic acids is 1. The van der Waals surface area contributed by atoms with Gasteiger partial charge in [-0.25, -0.2) is 0 Å². The highest BCUT2D eigenvalue weighted by atomic mass is 16.3. The number of carbonyl (C=O) groups is 1. The zero-order chi connectivity index (χ0) is 14.5. The lowest BCUT2D eigenvalue weighted by molar-refractivity contribution is 0.0526. The minimum absolute atomic E-state index is 0.0184. The summed E-state index contributed by atoms with van der Waals surface area (Å²) in [4.78, 5) is 14.6. The van der Waals surface area contributed by atoms with E-state index in [4.69, 9.17) is 0 Å². The van der Waals surface area contributed by atoms with Crippen molar-refractivity contribution in [2.24, 2.45) is 0 Å². The summed E-state index contributed by atoms with van der Waals surface area (Å²) in [5, 5.41) is 12.5. The molecule has 1 aliphatic carbocycles. The van der Waals surface area contributed by atoms with Crippen LogP contribution in [0, 0.1) is 6.92 Å². The minimum Gasteiger partial charge on any atom is -0.395 e. The van der Waals surface area contributed by atoms with Crippen molar-refractivity contribution in [3.8, 4) is 0 Å². The molecule has 0 aliphatic heterocycles. The number of nitrogens with one attached hydrogen (secondary N) is 1. The molecule has 110 valence electrons. The summed E-state index contributed by atoms with van der Waals surface area (Å²) in [7, 11) is 0. The number of aryl methyl sites for hydroxylation is 1. The molecule has 1 fully saturated rings. The van der Waals surface area contributed by atoms with E-state index in [0.29, 0.717) is 18.2 Å². The molecule has 2 rings (SSSR count). The average molecular weight is 276 g/mol. The maximum absolute atomic E-state index is 12.8. The molecule has 1 aromatic carbocycles. The maximum Gasteiger partial charge on any atom is 0.256 e. The van der Waals surface area contributed by atoms with Gasteiger partial charge < -0.3 is 15.3 Å². The van der Waals surface area contributed by atoms with Crippen LogP contribution >= 0.6 is 0 Å². The second-order valence-corrected chi connectivity index (χ2v) is 5.39. The smallest absolute Gasteiger partial charge is 0.256 e. The number of amides is 1. The van der Waals surface area contributed by atoms with Crippen molar-refractivity contribution < 1.29 is 9.90 Å². The van der Waals surface area contributed by atoms with Crippen LogP contribution in [0.2, 0.25) is 0 Å². The predicted octanol–water partition coefficient (Wildman–Crippen LogP) is 2.41. The number of hydrogen-bond donors (Lipinski definition) is 2. The van der Waals surface area contributed by atoms with Crippen LogP contribution in [0.1, 0.15) is 42.1 Å². The summed E-state index contributed by atoms with van der Waals surface area (Å²) in [6.07, 6.45) is 3.27. The molecule has 0 radical (unpaired) electrons. The van der Waals surface area contributed by atoms with Gasteiger partial charge in [0.2, 0.25) is 0 Å². The van der Waals surface area contributed by atoms with Crippen molar-refractivity contribution in [3.05, 3.63) is 29.3 Å². The molecule has 1 amide bonds. The van der Waals surface area contributed by atoms with E-state index in [1.165, 1.54) is 6.42 Å². The van der Waals surface area contributed by atoms with Crippen LogP contribution in [0.15, 0.2) is 18.2 Å². The van der Waals surface area contributed by atoms with Gasteiger partial charge in [-0.05, 0) is 45.2 Å². The molecule has 1 aliphatic rings. The lowest BCUT2D eigenvalue weighted by atomic mass is 9.90. The Bertz CT molecular complexity index is 470. The molecule has 1 aromatic rings. The molecule has 20 heavy (non-hydrogen) atoms. The number of aliphatic hydroxyl groups excluding tert-OH is 1. The minimum atomic E-state index is 0.0184. The van der Waals surface area contributed by atoms with E-state index in [9.17, 15) is 9.90 Å². The van der Waals surface area contributed by atoms with Crippen molar-refractivity contribution in [2.75, 3.05) is 25.0 Å². The van der Waals surface area contributed by atoms with Gasteiger partial charge in [-0.15, -0.1) is 0 Å². The van der Waals surface area contributed by atoms with E-state index in [-0.39, 0.29) is 12.5 Å². The Morgan fingerprint density at radius 2 is 2.20 bits per heavy atom. The van der Waals surface area contributed by atoms with E-state index in [1.54, 1.807) is 0 Å². The van der Waals surface area contributed by atoms with Gasteiger partial charge in [0.25, 0.3) is 5.91 Å². The number of nitrogens with zero attached hydrogens (tertiary/aromatic N) is 1. The van der Waals surface area contributed by atoms with Gasteiger partial charge in [-0.2, -0.15) is 0 Å². The number of anilines is 1. The molecule has 4 heteroatoms. The lowest BCUT2D eigenvalue weighted by Gasteiger charge is -2.37. The van der Waals surface area contributed by atoms with Crippen LogP contribution in [0.5, 0.6) is 0 Å². The number of benzene rings is 1. The molecule has 0 bridgehead atoms. The largest absolute Gasteiger partial charge is 0.395 e. The Hall–Kier alpha value is -1.55. The molecule has 2 N–H and O–H groups in total. The molecular formula is C16H24N2O2. The number of rotatable bonds is 6. The van der Waals surface area contributed by atoms with Crippen LogP contribution in [-0.4, -0.2) is 41.7 Å². The van der Waals surface area contributed by atoms with E-state index < -0.39 is 0 Å². The molecule has 0 heterocycles. The Labute approximate surface area is 120 Å². The topological polar surface area (TPSA) is 52.6 Å². The maximum atomic E-state index is 12.8. The lowest BCUT2D eigenvalue weighted by Crippen LogP contribution is -2.45. The second-order valence-electron chi connectivity index (χ2n) is 5.39. The standard InChI is InChI=1S/C16H24N2O2/c1-3-17-15-8-7-12(2)11-14(15)16(20)18(9-10-19)13-5-4-6-13/h7-8,11,13,17,19H,3-6,9-10H2,1-2H3. The highest BCUT2D eigenvalue weighted by molar-refractivity contribution is 6.00. The molecule has 0 saturated heterocycles. The van der Waals surface area contributed by atoms with Gasteiger partial charge in [0.15, 0.2) is 0 Å². The van der Waals surface area contributed by atoms with E-state index >= 15 is 0 Å². The van der Waals surface area contributed by atoms with E-state index in [1.807, 2.05) is 36.9 Å². The first-order valence-electron chi connectivity index (χ1n) is 7.43. The Kier molecular flexibility index (Phi) is 5.01. The van der Waals surface area contributed by atoms with Gasteiger partial charge >= 0.3 is 0 Å². The third-order valence-corrected chi connectivity index (χ3v) is 3.89. The van der Waals surface area contributed by atoms with Gasteiger partial charge in [-0.1, -0.05) is 11.6 Å². The first-order valence-corrected chi connectivity index (χ1v) is 7.43. The molecule has 0 spiro atoms. The quantitative estimate of drug-likeness (QED) is 0.839. The highest BCUT2D eigenvalue weighted by Gasteiger charge is 2.30. The molecule has 1 saturated carbocycles. The summed E-state index contributed by atoms with van der Waals surface area (Å²) in [6.45, 7) is 5.23. The van der Waals surface area contributed by atoms with Crippen LogP contribution in [0.4, 0.5) is 5.69 Å². The fourth-order valence-electron chi connectivity index (χ4n) is 2.59. The van der Waals surface area contributed by atoms with Gasteiger partial charge in [-0.3, -0.25) is 4.79 Å². The normalized spacial score (nSPS) is 14.8. The molecule has 4 nitrogen and oxygen atoms in total. The van der Waals surface area contributed by atoms with Crippen LogP contribution < -0.4 is 5.32 Å². The number of aliphatic hydroxyl groups is 1. The third kappa shape index (κ3) is 3.12. The van der Waals surface area contributed by atoms with Crippen LogP contribution in [-0.2, 0) is 0 Å². The number of hydrogen-bond acceptors (Lipinski definition) is 3. The van der Waals surface area contributed by atoms with Crippen LogP contribution in [0.25, 0.3) is 0 Å². The SMILES string of the molecule is CCNc1ccc(C)cc1C(=O)N(CCO)C1CCC1. The van der Waals surface area contributed by atoms with Crippen molar-refractivity contribution in [1.29, 1.82) is 0 Å². The third-order valence-electron chi connectivity index (χ3n) is 3.89. The monoisotopic (exact) mass is 276 g/mol. The molecular weight excluding hydrogens is 252 g/mol.